The normalized spacial score (nSPS) is 19.8. The molecule has 19 heavy (non-hydrogen) atoms. The van der Waals surface area contributed by atoms with Crippen LogP contribution < -0.4 is 4.72 Å². The number of halogens is 2. The van der Waals surface area contributed by atoms with Gasteiger partial charge in [0.05, 0.1) is 9.37 Å². The van der Waals surface area contributed by atoms with E-state index in [1.807, 2.05) is 0 Å². The maximum absolute atomic E-state index is 13.3. The first-order chi connectivity index (χ1) is 8.99. The summed E-state index contributed by atoms with van der Waals surface area (Å²) in [6.45, 7) is 1.78. The zero-order valence-corrected chi connectivity index (χ0v) is 12.6. The lowest BCUT2D eigenvalue weighted by Gasteiger charge is -2.10. The van der Waals surface area contributed by atoms with Crippen molar-refractivity contribution in [3.8, 4) is 0 Å². The first-order valence-corrected chi connectivity index (χ1v) is 8.29. The summed E-state index contributed by atoms with van der Waals surface area (Å²) in [5.41, 5.74) is 0. The van der Waals surface area contributed by atoms with Gasteiger partial charge in [-0.15, -0.1) is 0 Å². The van der Waals surface area contributed by atoms with E-state index in [-0.39, 0.29) is 9.37 Å². The maximum Gasteiger partial charge on any atom is 0.240 e. The molecule has 1 aromatic rings. The molecule has 1 aliphatic heterocycles. The minimum absolute atomic E-state index is 0.0594. The third-order valence-corrected chi connectivity index (χ3v) is 5.17. The van der Waals surface area contributed by atoms with Crippen molar-refractivity contribution in [2.45, 2.75) is 17.7 Å². The molecule has 7 heteroatoms. The maximum atomic E-state index is 13.3. The Bertz CT molecular complexity index is 544. The van der Waals surface area contributed by atoms with Crippen LogP contribution in [-0.4, -0.2) is 28.2 Å². The van der Waals surface area contributed by atoms with E-state index < -0.39 is 15.8 Å². The van der Waals surface area contributed by atoms with Crippen molar-refractivity contribution in [2.75, 3.05) is 19.8 Å². The second kappa shape index (κ2) is 6.30. The van der Waals surface area contributed by atoms with E-state index in [4.69, 9.17) is 4.74 Å². The lowest BCUT2D eigenvalue weighted by atomic mass is 10.1. The Morgan fingerprint density at radius 3 is 2.89 bits per heavy atom. The first-order valence-electron chi connectivity index (χ1n) is 6.01. The summed E-state index contributed by atoms with van der Waals surface area (Å²) in [5.74, 6) is -0.184. The molecular weight excluding hydrogens is 337 g/mol. The second-order valence-electron chi connectivity index (χ2n) is 4.49. The predicted molar refractivity (Wildman–Crippen MR) is 72.8 cm³/mol. The lowest BCUT2D eigenvalue weighted by Crippen LogP contribution is -2.26. The fourth-order valence-electron chi connectivity index (χ4n) is 1.94. The molecule has 0 aliphatic carbocycles. The van der Waals surface area contributed by atoms with E-state index in [2.05, 4.69) is 20.7 Å². The molecule has 2 rings (SSSR count). The standard InChI is InChI=1S/C12H15BrFNO3S/c13-11-2-1-10(7-12(11)14)19(16,17)15-5-3-9-4-6-18-8-9/h1-2,7,9,15H,3-6,8H2. The second-order valence-corrected chi connectivity index (χ2v) is 7.11. The molecule has 0 aromatic heterocycles. The molecule has 1 N–H and O–H groups in total. The highest BCUT2D eigenvalue weighted by molar-refractivity contribution is 9.10. The van der Waals surface area contributed by atoms with Gasteiger partial charge in [-0.1, -0.05) is 0 Å². The molecule has 1 saturated heterocycles. The van der Waals surface area contributed by atoms with E-state index in [9.17, 15) is 12.8 Å². The summed E-state index contributed by atoms with van der Waals surface area (Å²) < 4.78 is 45.2. The van der Waals surface area contributed by atoms with Crippen LogP contribution in [0.5, 0.6) is 0 Å². The van der Waals surface area contributed by atoms with E-state index in [1.165, 1.54) is 12.1 Å². The molecule has 4 nitrogen and oxygen atoms in total. The number of rotatable bonds is 5. The molecule has 0 amide bonds. The van der Waals surface area contributed by atoms with Crippen molar-refractivity contribution >= 4 is 26.0 Å². The average molecular weight is 352 g/mol. The molecule has 1 aliphatic rings. The van der Waals surface area contributed by atoms with Crippen LogP contribution in [-0.2, 0) is 14.8 Å². The molecule has 1 heterocycles. The molecule has 1 aromatic carbocycles. The minimum atomic E-state index is -3.64. The molecule has 1 fully saturated rings. The van der Waals surface area contributed by atoms with Crippen LogP contribution >= 0.6 is 15.9 Å². The molecule has 0 saturated carbocycles. The predicted octanol–water partition coefficient (Wildman–Crippen LogP) is 2.29. The van der Waals surface area contributed by atoms with Crippen LogP contribution in [0.3, 0.4) is 0 Å². The van der Waals surface area contributed by atoms with Gasteiger partial charge in [-0.2, -0.15) is 0 Å². The molecular formula is C12H15BrFNO3S. The number of ether oxygens (including phenoxy) is 1. The smallest absolute Gasteiger partial charge is 0.240 e. The topological polar surface area (TPSA) is 55.4 Å². The van der Waals surface area contributed by atoms with Crippen molar-refractivity contribution in [1.29, 1.82) is 0 Å². The minimum Gasteiger partial charge on any atom is -0.381 e. The highest BCUT2D eigenvalue weighted by Gasteiger charge is 2.18. The van der Waals surface area contributed by atoms with Crippen LogP contribution in [0.25, 0.3) is 0 Å². The first kappa shape index (κ1) is 14.9. The van der Waals surface area contributed by atoms with Gasteiger partial charge in [0.2, 0.25) is 10.0 Å². The highest BCUT2D eigenvalue weighted by atomic mass is 79.9. The Balaban J connectivity index is 1.95. The summed E-state index contributed by atoms with van der Waals surface area (Å²) in [6, 6.07) is 3.76. The lowest BCUT2D eigenvalue weighted by molar-refractivity contribution is 0.184. The van der Waals surface area contributed by atoms with Crippen LogP contribution in [0.1, 0.15) is 12.8 Å². The van der Waals surface area contributed by atoms with Crippen LogP contribution in [0.15, 0.2) is 27.6 Å². The summed E-state index contributed by atoms with van der Waals surface area (Å²) in [6.07, 6.45) is 1.70. The fraction of sp³-hybridized carbons (Fsp3) is 0.500. The van der Waals surface area contributed by atoms with Gasteiger partial charge in [0.15, 0.2) is 0 Å². The summed E-state index contributed by atoms with van der Waals surface area (Å²) >= 11 is 2.99. The van der Waals surface area contributed by atoms with Gasteiger partial charge in [-0.05, 0) is 52.9 Å². The Morgan fingerprint density at radius 2 is 2.26 bits per heavy atom. The van der Waals surface area contributed by atoms with Crippen molar-refractivity contribution in [3.63, 3.8) is 0 Å². The van der Waals surface area contributed by atoms with Gasteiger partial charge in [0.1, 0.15) is 5.82 Å². The average Bonchev–Trinajstić information content (AvgIpc) is 2.85. The van der Waals surface area contributed by atoms with Gasteiger partial charge in [-0.3, -0.25) is 0 Å². The van der Waals surface area contributed by atoms with Gasteiger partial charge in [-0.25, -0.2) is 17.5 Å². The monoisotopic (exact) mass is 351 g/mol. The Morgan fingerprint density at radius 1 is 1.47 bits per heavy atom. The Kier molecular flexibility index (Phi) is 4.94. The Hall–Kier alpha value is -0.500. The van der Waals surface area contributed by atoms with Crippen molar-refractivity contribution in [1.82, 2.24) is 4.72 Å². The molecule has 1 unspecified atom stereocenters. The fourth-order valence-corrected chi connectivity index (χ4v) is 3.24. The number of hydrogen-bond acceptors (Lipinski definition) is 3. The Labute approximate surface area is 120 Å². The van der Waals surface area contributed by atoms with E-state index >= 15 is 0 Å². The summed E-state index contributed by atoms with van der Waals surface area (Å²) in [5, 5.41) is 0. The summed E-state index contributed by atoms with van der Waals surface area (Å²) in [4.78, 5) is -0.0594. The number of nitrogens with one attached hydrogen (secondary N) is 1. The molecule has 0 radical (unpaired) electrons. The van der Waals surface area contributed by atoms with Crippen LogP contribution in [0.4, 0.5) is 4.39 Å². The van der Waals surface area contributed by atoms with Crippen molar-refractivity contribution in [2.24, 2.45) is 5.92 Å². The van der Waals surface area contributed by atoms with Gasteiger partial charge >= 0.3 is 0 Å². The van der Waals surface area contributed by atoms with Gasteiger partial charge in [0.25, 0.3) is 0 Å². The number of hydrogen-bond donors (Lipinski definition) is 1. The SMILES string of the molecule is O=S(=O)(NCCC1CCOC1)c1ccc(Br)c(F)c1. The van der Waals surface area contributed by atoms with Crippen molar-refractivity contribution < 1.29 is 17.5 Å². The third kappa shape index (κ3) is 3.98. The van der Waals surface area contributed by atoms with E-state index in [1.54, 1.807) is 0 Å². The zero-order chi connectivity index (χ0) is 13.9. The molecule has 1 atom stereocenters. The molecule has 0 spiro atoms. The zero-order valence-electron chi connectivity index (χ0n) is 10.2. The summed E-state index contributed by atoms with van der Waals surface area (Å²) in [7, 11) is -3.64. The number of sulfonamides is 1. The van der Waals surface area contributed by atoms with Crippen LogP contribution in [0, 0.1) is 11.7 Å². The van der Waals surface area contributed by atoms with E-state index in [0.717, 1.165) is 25.5 Å². The third-order valence-electron chi connectivity index (χ3n) is 3.07. The molecule has 0 bridgehead atoms. The largest absolute Gasteiger partial charge is 0.381 e. The van der Waals surface area contributed by atoms with Gasteiger partial charge < -0.3 is 4.74 Å². The van der Waals surface area contributed by atoms with Gasteiger partial charge in [0, 0.05) is 19.8 Å². The highest BCUT2D eigenvalue weighted by Crippen LogP contribution is 2.20. The van der Waals surface area contributed by atoms with E-state index in [0.29, 0.717) is 19.1 Å². The molecule has 106 valence electrons. The quantitative estimate of drug-likeness (QED) is 0.885. The van der Waals surface area contributed by atoms with Crippen molar-refractivity contribution in [3.05, 3.63) is 28.5 Å². The van der Waals surface area contributed by atoms with Crippen LogP contribution in [0.2, 0.25) is 0 Å². The number of benzene rings is 1.